The predicted molar refractivity (Wildman–Crippen MR) is 96.8 cm³/mol. The number of methoxy groups -OCH3 is 1. The fourth-order valence-electron chi connectivity index (χ4n) is 2.14. The van der Waals surface area contributed by atoms with Crippen molar-refractivity contribution in [1.82, 2.24) is 5.43 Å². The van der Waals surface area contributed by atoms with E-state index < -0.39 is 5.91 Å². The molecule has 0 aliphatic rings. The largest absolute Gasteiger partial charge is 0.503 e. The van der Waals surface area contributed by atoms with Gasteiger partial charge in [-0.3, -0.25) is 4.79 Å². The number of phenolic OH excluding ortho intramolecular Hbond substituents is 1. The maximum absolute atomic E-state index is 11.8. The summed E-state index contributed by atoms with van der Waals surface area (Å²) in [7, 11) is 1.42. The third-order valence-electron chi connectivity index (χ3n) is 3.36. The molecule has 2 aromatic carbocycles. The molecule has 25 heavy (non-hydrogen) atoms. The summed E-state index contributed by atoms with van der Waals surface area (Å²) < 4.78 is 10.5. The Labute approximate surface area is 151 Å². The van der Waals surface area contributed by atoms with Crippen LogP contribution in [0.25, 0.3) is 0 Å². The highest BCUT2D eigenvalue weighted by Crippen LogP contribution is 2.34. The molecule has 132 valence electrons. The molecule has 0 saturated carbocycles. The lowest BCUT2D eigenvalue weighted by Gasteiger charge is -2.08. The summed E-state index contributed by atoms with van der Waals surface area (Å²) in [5.41, 5.74) is 5.01. The van der Waals surface area contributed by atoms with Crippen LogP contribution >= 0.6 is 11.6 Å². The second-order valence-electron chi connectivity index (χ2n) is 5.40. The van der Waals surface area contributed by atoms with E-state index in [1.165, 1.54) is 19.4 Å². The Morgan fingerprint density at radius 3 is 2.72 bits per heavy atom. The number of nitrogens with zero attached hydrogens (tertiary/aromatic N) is 1. The minimum absolute atomic E-state index is 0.130. The second-order valence-corrected chi connectivity index (χ2v) is 5.81. The number of hydrogen-bond donors (Lipinski definition) is 2. The van der Waals surface area contributed by atoms with Gasteiger partial charge in [0.1, 0.15) is 5.75 Å². The summed E-state index contributed by atoms with van der Waals surface area (Å²) in [6.45, 7) is 3.75. The van der Waals surface area contributed by atoms with Crippen LogP contribution in [0.2, 0.25) is 5.02 Å². The van der Waals surface area contributed by atoms with Crippen LogP contribution in [-0.2, 0) is 4.79 Å². The number of hydrogen-bond acceptors (Lipinski definition) is 5. The molecule has 0 saturated heterocycles. The van der Waals surface area contributed by atoms with Crippen molar-refractivity contribution >= 4 is 23.7 Å². The molecule has 0 aliphatic carbocycles. The summed E-state index contributed by atoms with van der Waals surface area (Å²) in [5, 5.41) is 13.6. The molecule has 7 heteroatoms. The van der Waals surface area contributed by atoms with Crippen molar-refractivity contribution in [2.24, 2.45) is 5.10 Å². The van der Waals surface area contributed by atoms with Crippen molar-refractivity contribution in [2.75, 3.05) is 13.7 Å². The van der Waals surface area contributed by atoms with Crippen molar-refractivity contribution in [3.63, 3.8) is 0 Å². The highest BCUT2D eigenvalue weighted by atomic mass is 35.5. The third-order valence-corrected chi connectivity index (χ3v) is 3.65. The molecule has 1 amide bonds. The molecule has 2 rings (SSSR count). The van der Waals surface area contributed by atoms with E-state index in [9.17, 15) is 9.90 Å². The smallest absolute Gasteiger partial charge is 0.277 e. The zero-order valence-corrected chi connectivity index (χ0v) is 14.9. The van der Waals surface area contributed by atoms with Gasteiger partial charge in [0, 0.05) is 0 Å². The van der Waals surface area contributed by atoms with Crippen LogP contribution in [0.3, 0.4) is 0 Å². The van der Waals surface area contributed by atoms with Crippen LogP contribution < -0.4 is 14.9 Å². The maximum Gasteiger partial charge on any atom is 0.277 e. The van der Waals surface area contributed by atoms with Gasteiger partial charge in [-0.25, -0.2) is 5.43 Å². The molecule has 2 N–H and O–H groups in total. The number of rotatable bonds is 6. The number of amides is 1. The van der Waals surface area contributed by atoms with Gasteiger partial charge in [0.25, 0.3) is 5.91 Å². The lowest BCUT2D eigenvalue weighted by molar-refractivity contribution is -0.123. The normalized spacial score (nSPS) is 10.7. The summed E-state index contributed by atoms with van der Waals surface area (Å²) in [5.74, 6) is 0.332. The fourth-order valence-corrected chi connectivity index (χ4v) is 2.36. The summed E-state index contributed by atoms with van der Waals surface area (Å²) in [4.78, 5) is 11.8. The quantitative estimate of drug-likeness (QED) is 0.611. The van der Waals surface area contributed by atoms with Gasteiger partial charge in [0.2, 0.25) is 0 Å². The zero-order chi connectivity index (χ0) is 18.4. The maximum atomic E-state index is 11.8. The minimum Gasteiger partial charge on any atom is -0.503 e. The number of ether oxygens (including phenoxy) is 2. The Hall–Kier alpha value is -2.73. The molecule has 0 atom stereocenters. The monoisotopic (exact) mass is 362 g/mol. The number of nitrogens with one attached hydrogen (secondary N) is 1. The van der Waals surface area contributed by atoms with Crippen LogP contribution in [0.15, 0.2) is 35.4 Å². The number of carbonyl (C=O) groups is 1. The van der Waals surface area contributed by atoms with E-state index in [0.717, 1.165) is 11.1 Å². The minimum atomic E-state index is -0.395. The Balaban J connectivity index is 1.91. The molecule has 0 fully saturated rings. The van der Waals surface area contributed by atoms with E-state index in [1.807, 2.05) is 32.0 Å². The van der Waals surface area contributed by atoms with Gasteiger partial charge in [-0.1, -0.05) is 29.3 Å². The first-order valence-electron chi connectivity index (χ1n) is 7.49. The first-order valence-corrected chi connectivity index (χ1v) is 7.87. The number of halogens is 1. The topological polar surface area (TPSA) is 80.2 Å². The third kappa shape index (κ3) is 5.12. The van der Waals surface area contributed by atoms with E-state index in [0.29, 0.717) is 11.3 Å². The Kier molecular flexibility index (Phi) is 6.25. The van der Waals surface area contributed by atoms with Crippen molar-refractivity contribution in [3.05, 3.63) is 52.0 Å². The molecular weight excluding hydrogens is 344 g/mol. The Bertz CT molecular complexity index is 806. The Morgan fingerprint density at radius 1 is 1.28 bits per heavy atom. The molecule has 0 aliphatic heterocycles. The van der Waals surface area contributed by atoms with Crippen molar-refractivity contribution in [2.45, 2.75) is 13.8 Å². The number of hydrazone groups is 1. The van der Waals surface area contributed by atoms with E-state index in [2.05, 4.69) is 10.5 Å². The fraction of sp³-hybridized carbons (Fsp3) is 0.222. The van der Waals surface area contributed by atoms with E-state index in [-0.39, 0.29) is 23.1 Å². The Morgan fingerprint density at radius 2 is 2.04 bits per heavy atom. The molecule has 0 radical (unpaired) electrons. The molecule has 6 nitrogen and oxygen atoms in total. The molecule has 0 aromatic heterocycles. The zero-order valence-electron chi connectivity index (χ0n) is 14.2. The molecule has 0 spiro atoms. The van der Waals surface area contributed by atoms with Crippen LogP contribution in [0.1, 0.15) is 16.7 Å². The number of phenols is 1. The van der Waals surface area contributed by atoms with Gasteiger partial charge in [0.05, 0.1) is 18.3 Å². The number of aromatic hydroxyl groups is 1. The first-order chi connectivity index (χ1) is 11.9. The first kappa shape index (κ1) is 18.6. The second kappa shape index (κ2) is 8.39. The van der Waals surface area contributed by atoms with Crippen molar-refractivity contribution in [3.8, 4) is 17.2 Å². The summed E-state index contributed by atoms with van der Waals surface area (Å²) >= 11 is 5.88. The van der Waals surface area contributed by atoms with Gasteiger partial charge in [-0.15, -0.1) is 0 Å². The average molecular weight is 363 g/mol. The molecular formula is C18H19ClN2O4. The average Bonchev–Trinajstić information content (AvgIpc) is 2.57. The van der Waals surface area contributed by atoms with Gasteiger partial charge >= 0.3 is 0 Å². The van der Waals surface area contributed by atoms with Crippen molar-refractivity contribution in [1.29, 1.82) is 0 Å². The summed E-state index contributed by atoms with van der Waals surface area (Å²) in [6, 6.07) is 8.77. The van der Waals surface area contributed by atoms with E-state index >= 15 is 0 Å². The lowest BCUT2D eigenvalue weighted by Crippen LogP contribution is -2.24. The van der Waals surface area contributed by atoms with Crippen molar-refractivity contribution < 1.29 is 19.4 Å². The van der Waals surface area contributed by atoms with Gasteiger partial charge in [-0.05, 0) is 43.2 Å². The SMILES string of the molecule is COc1cc(C=NNC(=O)COc2ccc(C)cc2C)cc(Cl)c1O. The summed E-state index contributed by atoms with van der Waals surface area (Å²) in [6.07, 6.45) is 1.39. The standard InChI is InChI=1S/C18H19ClN2O4/c1-11-4-5-15(12(2)6-11)25-10-17(22)21-20-9-13-7-14(19)18(23)16(8-13)24-3/h4-9,23H,10H2,1-3H3,(H,21,22). The van der Waals surface area contributed by atoms with Crippen LogP contribution in [0.5, 0.6) is 17.2 Å². The van der Waals surface area contributed by atoms with E-state index in [1.54, 1.807) is 6.07 Å². The number of aryl methyl sites for hydroxylation is 2. The van der Waals surface area contributed by atoms with Gasteiger partial charge < -0.3 is 14.6 Å². The molecule has 0 bridgehead atoms. The number of carbonyl (C=O) groups excluding carboxylic acids is 1. The molecule has 0 unspecified atom stereocenters. The predicted octanol–water partition coefficient (Wildman–Crippen LogP) is 3.20. The highest BCUT2D eigenvalue weighted by Gasteiger charge is 2.08. The van der Waals surface area contributed by atoms with Gasteiger partial charge in [0.15, 0.2) is 18.1 Å². The lowest BCUT2D eigenvalue weighted by atomic mass is 10.1. The molecule has 0 heterocycles. The highest BCUT2D eigenvalue weighted by molar-refractivity contribution is 6.32. The van der Waals surface area contributed by atoms with Crippen LogP contribution in [-0.4, -0.2) is 30.9 Å². The molecule has 2 aromatic rings. The van der Waals surface area contributed by atoms with Crippen LogP contribution in [0.4, 0.5) is 0 Å². The van der Waals surface area contributed by atoms with E-state index in [4.69, 9.17) is 21.1 Å². The van der Waals surface area contributed by atoms with Crippen LogP contribution in [0, 0.1) is 13.8 Å². The van der Waals surface area contributed by atoms with Gasteiger partial charge in [-0.2, -0.15) is 5.10 Å². The number of benzene rings is 2.